The predicted octanol–water partition coefficient (Wildman–Crippen LogP) is 2.74. The van der Waals surface area contributed by atoms with Crippen molar-refractivity contribution < 1.29 is 19.2 Å². The van der Waals surface area contributed by atoms with E-state index in [2.05, 4.69) is 10.5 Å². The largest absolute Gasteiger partial charge is 0.481 e. The van der Waals surface area contributed by atoms with Gasteiger partial charge in [0.15, 0.2) is 0 Å². The van der Waals surface area contributed by atoms with Gasteiger partial charge in [0.25, 0.3) is 5.91 Å². The van der Waals surface area contributed by atoms with Crippen molar-refractivity contribution in [1.82, 2.24) is 10.5 Å². The van der Waals surface area contributed by atoms with Gasteiger partial charge in [0, 0.05) is 6.07 Å². The highest BCUT2D eigenvalue weighted by Gasteiger charge is 2.21. The van der Waals surface area contributed by atoms with Crippen LogP contribution < -0.4 is 5.32 Å². The molecule has 22 heavy (non-hydrogen) atoms. The van der Waals surface area contributed by atoms with Gasteiger partial charge >= 0.3 is 5.97 Å². The summed E-state index contributed by atoms with van der Waals surface area (Å²) in [7, 11) is 0. The molecular formula is C16H18N2O4. The molecule has 0 bridgehead atoms. The Morgan fingerprint density at radius 2 is 1.95 bits per heavy atom. The van der Waals surface area contributed by atoms with E-state index < -0.39 is 17.9 Å². The summed E-state index contributed by atoms with van der Waals surface area (Å²) in [6.45, 7) is 3.88. The van der Waals surface area contributed by atoms with E-state index >= 15 is 0 Å². The zero-order valence-electron chi connectivity index (χ0n) is 12.4. The second-order valence-electron chi connectivity index (χ2n) is 5.31. The highest BCUT2D eigenvalue weighted by Crippen LogP contribution is 2.19. The molecule has 0 aliphatic rings. The molecule has 6 nitrogen and oxygen atoms in total. The summed E-state index contributed by atoms with van der Waals surface area (Å²) in [4.78, 5) is 23.2. The van der Waals surface area contributed by atoms with Crippen molar-refractivity contribution in [2.45, 2.75) is 32.2 Å². The number of nitrogens with zero attached hydrogens (tertiary/aromatic N) is 1. The van der Waals surface area contributed by atoms with Gasteiger partial charge in [-0.1, -0.05) is 49.3 Å². The first-order valence-corrected chi connectivity index (χ1v) is 7.01. The van der Waals surface area contributed by atoms with Gasteiger partial charge in [-0.2, -0.15) is 0 Å². The Morgan fingerprint density at radius 1 is 1.27 bits per heavy atom. The second kappa shape index (κ2) is 6.89. The topological polar surface area (TPSA) is 92.4 Å². The van der Waals surface area contributed by atoms with Crippen LogP contribution in [0.4, 0.5) is 0 Å². The van der Waals surface area contributed by atoms with Crippen molar-refractivity contribution in [3.05, 3.63) is 53.4 Å². The fraction of sp³-hybridized carbons (Fsp3) is 0.312. The minimum Gasteiger partial charge on any atom is -0.481 e. The third-order valence-corrected chi connectivity index (χ3v) is 3.23. The monoisotopic (exact) mass is 302 g/mol. The Balaban J connectivity index is 2.15. The number of hydrogen-bond donors (Lipinski definition) is 2. The van der Waals surface area contributed by atoms with Crippen LogP contribution in [0.5, 0.6) is 0 Å². The van der Waals surface area contributed by atoms with Gasteiger partial charge in [0.1, 0.15) is 0 Å². The number of aliphatic carboxylic acids is 1. The number of carbonyl (C=O) groups is 2. The van der Waals surface area contributed by atoms with Crippen LogP contribution in [0.3, 0.4) is 0 Å². The number of aromatic nitrogens is 1. The van der Waals surface area contributed by atoms with Crippen molar-refractivity contribution in [3.8, 4) is 0 Å². The quantitative estimate of drug-likeness (QED) is 0.856. The molecule has 2 rings (SSSR count). The van der Waals surface area contributed by atoms with Gasteiger partial charge < -0.3 is 14.9 Å². The third-order valence-electron chi connectivity index (χ3n) is 3.23. The maximum atomic E-state index is 12.2. The molecule has 1 unspecified atom stereocenters. The number of hydrogen-bond acceptors (Lipinski definition) is 4. The third kappa shape index (κ3) is 3.94. The molecule has 1 atom stereocenters. The molecule has 0 spiro atoms. The lowest BCUT2D eigenvalue weighted by Gasteiger charge is -2.16. The number of carboxylic acids is 1. The van der Waals surface area contributed by atoms with Crippen LogP contribution in [0, 0.1) is 0 Å². The zero-order valence-corrected chi connectivity index (χ0v) is 12.4. The Labute approximate surface area is 128 Å². The van der Waals surface area contributed by atoms with Crippen LogP contribution in [0.2, 0.25) is 0 Å². The van der Waals surface area contributed by atoms with Crippen LogP contribution >= 0.6 is 0 Å². The first-order valence-electron chi connectivity index (χ1n) is 7.01. The van der Waals surface area contributed by atoms with Gasteiger partial charge in [0.2, 0.25) is 5.76 Å². The molecule has 0 radical (unpaired) electrons. The highest BCUT2D eigenvalue weighted by atomic mass is 16.5. The average Bonchev–Trinajstić information content (AvgIpc) is 2.97. The summed E-state index contributed by atoms with van der Waals surface area (Å²) in [5.74, 6) is -1.24. The summed E-state index contributed by atoms with van der Waals surface area (Å²) in [5, 5.41) is 15.5. The zero-order chi connectivity index (χ0) is 16.1. The summed E-state index contributed by atoms with van der Waals surface area (Å²) in [5.41, 5.74) is 1.40. The summed E-state index contributed by atoms with van der Waals surface area (Å²) in [6, 6.07) is 9.90. The smallest absolute Gasteiger partial charge is 0.305 e. The molecule has 2 N–H and O–H groups in total. The van der Waals surface area contributed by atoms with E-state index in [-0.39, 0.29) is 18.1 Å². The minimum absolute atomic E-state index is 0.0787. The predicted molar refractivity (Wildman–Crippen MR) is 79.5 cm³/mol. The molecule has 1 aromatic carbocycles. The van der Waals surface area contributed by atoms with E-state index in [4.69, 9.17) is 9.63 Å². The number of nitrogens with one attached hydrogen (secondary N) is 1. The van der Waals surface area contributed by atoms with Gasteiger partial charge in [-0.05, 0) is 11.5 Å². The molecule has 1 amide bonds. The molecule has 0 aliphatic carbocycles. The Kier molecular flexibility index (Phi) is 4.93. The van der Waals surface area contributed by atoms with Crippen LogP contribution in [0.25, 0.3) is 0 Å². The summed E-state index contributed by atoms with van der Waals surface area (Å²) < 4.78 is 5.02. The molecule has 0 saturated heterocycles. The average molecular weight is 302 g/mol. The SMILES string of the molecule is CC(C)c1cc(C(=O)NC(CC(=O)O)c2ccccc2)on1. The fourth-order valence-corrected chi connectivity index (χ4v) is 2.01. The molecule has 2 aromatic rings. The van der Waals surface area contributed by atoms with Crippen molar-refractivity contribution >= 4 is 11.9 Å². The van der Waals surface area contributed by atoms with Gasteiger partial charge in [-0.25, -0.2) is 0 Å². The molecule has 0 aliphatic heterocycles. The number of benzene rings is 1. The lowest BCUT2D eigenvalue weighted by molar-refractivity contribution is -0.137. The van der Waals surface area contributed by atoms with Gasteiger partial charge in [0.05, 0.1) is 18.2 Å². The maximum Gasteiger partial charge on any atom is 0.305 e. The molecule has 6 heteroatoms. The van der Waals surface area contributed by atoms with Crippen molar-refractivity contribution in [2.75, 3.05) is 0 Å². The minimum atomic E-state index is -0.991. The second-order valence-corrected chi connectivity index (χ2v) is 5.31. The van der Waals surface area contributed by atoms with Crippen LogP contribution in [0.15, 0.2) is 40.9 Å². The van der Waals surface area contributed by atoms with E-state index in [1.807, 2.05) is 19.9 Å². The maximum absolute atomic E-state index is 12.2. The molecule has 1 aromatic heterocycles. The Morgan fingerprint density at radius 3 is 2.50 bits per heavy atom. The van der Waals surface area contributed by atoms with E-state index in [0.29, 0.717) is 5.69 Å². The van der Waals surface area contributed by atoms with Crippen LogP contribution in [0.1, 0.15) is 54.0 Å². The normalized spacial score (nSPS) is 12.1. The van der Waals surface area contributed by atoms with E-state index in [0.717, 1.165) is 5.56 Å². The molecule has 1 heterocycles. The number of carbonyl (C=O) groups excluding carboxylic acids is 1. The summed E-state index contributed by atoms with van der Waals surface area (Å²) >= 11 is 0. The first-order chi connectivity index (χ1) is 10.5. The van der Waals surface area contributed by atoms with E-state index in [1.54, 1.807) is 30.3 Å². The molecule has 0 fully saturated rings. The first kappa shape index (κ1) is 15.8. The van der Waals surface area contributed by atoms with Crippen LogP contribution in [-0.2, 0) is 4.79 Å². The lowest BCUT2D eigenvalue weighted by atomic mass is 10.0. The van der Waals surface area contributed by atoms with Crippen molar-refractivity contribution in [3.63, 3.8) is 0 Å². The van der Waals surface area contributed by atoms with Crippen LogP contribution in [-0.4, -0.2) is 22.1 Å². The summed E-state index contributed by atoms with van der Waals surface area (Å²) in [6.07, 6.45) is -0.207. The highest BCUT2D eigenvalue weighted by molar-refractivity contribution is 5.92. The van der Waals surface area contributed by atoms with E-state index in [9.17, 15) is 9.59 Å². The number of carboxylic acid groups (broad SMARTS) is 1. The molecule has 0 saturated carbocycles. The number of amides is 1. The van der Waals surface area contributed by atoms with Crippen molar-refractivity contribution in [1.29, 1.82) is 0 Å². The molecule has 116 valence electrons. The van der Waals surface area contributed by atoms with Crippen molar-refractivity contribution in [2.24, 2.45) is 0 Å². The van der Waals surface area contributed by atoms with Gasteiger partial charge in [-0.3, -0.25) is 9.59 Å². The number of rotatable bonds is 6. The Bertz CT molecular complexity index is 649. The fourth-order valence-electron chi connectivity index (χ4n) is 2.01. The van der Waals surface area contributed by atoms with E-state index in [1.165, 1.54) is 0 Å². The molecular weight excluding hydrogens is 284 g/mol. The standard InChI is InChI=1S/C16H18N2O4/c1-10(2)12-8-14(22-18-12)16(21)17-13(9-15(19)20)11-6-4-3-5-7-11/h3-8,10,13H,9H2,1-2H3,(H,17,21)(H,19,20). The Hall–Kier alpha value is -2.63. The van der Waals surface area contributed by atoms with Gasteiger partial charge in [-0.15, -0.1) is 0 Å². The lowest BCUT2D eigenvalue weighted by Crippen LogP contribution is -2.29.